The predicted molar refractivity (Wildman–Crippen MR) is 329 cm³/mol. The first kappa shape index (κ1) is 51.6. The Hall–Kier alpha value is -7.85. The van der Waals surface area contributed by atoms with Crippen molar-refractivity contribution >= 4 is 43.7 Å². The fourth-order valence-corrected chi connectivity index (χ4v) is 11.9. The Morgan fingerprint density at radius 2 is 1.26 bits per heavy atom. The third kappa shape index (κ3) is 9.78. The van der Waals surface area contributed by atoms with Gasteiger partial charge in [-0.15, -0.1) is 29.3 Å². The van der Waals surface area contributed by atoms with Crippen LogP contribution in [-0.2, 0) is 31.9 Å². The van der Waals surface area contributed by atoms with Crippen molar-refractivity contribution in [2.45, 2.75) is 97.8 Å². The second kappa shape index (κ2) is 20.4. The van der Waals surface area contributed by atoms with Gasteiger partial charge in [-0.3, -0.25) is 9.55 Å². The normalized spacial score (nSPS) is 14.6. The summed E-state index contributed by atoms with van der Waals surface area (Å²) in [4.78, 5) is 10.6. The molecule has 0 saturated heterocycles. The van der Waals surface area contributed by atoms with E-state index < -0.39 is 5.89 Å². The zero-order valence-electron chi connectivity index (χ0n) is 47.8. The molecule has 80 heavy (non-hydrogen) atoms. The topological polar surface area (TPSA) is 64.1 Å². The average Bonchev–Trinajstić information content (AvgIpc) is 3.75. The van der Waals surface area contributed by atoms with E-state index in [1.807, 2.05) is 18.3 Å². The quantitative estimate of drug-likeness (QED) is 0.154. The molecular formula is C74H66N3O2Pt-. The number of benzene rings is 9. The van der Waals surface area contributed by atoms with Crippen molar-refractivity contribution in [3.63, 3.8) is 0 Å². The van der Waals surface area contributed by atoms with Crippen molar-refractivity contribution in [1.29, 1.82) is 0 Å². The Balaban J connectivity index is 0.00000651. The number of phenolic OH excluding ortho intramolecular Hbond substituents is 1. The van der Waals surface area contributed by atoms with Crippen LogP contribution in [0.1, 0.15) is 105 Å². The first-order chi connectivity index (χ1) is 38.4. The summed E-state index contributed by atoms with van der Waals surface area (Å²) in [5.74, 6) is 0.0994. The minimum atomic E-state index is -0.541. The van der Waals surface area contributed by atoms with Gasteiger partial charge < -0.3 is 9.52 Å². The number of aromatic hydroxyl groups is 1. The van der Waals surface area contributed by atoms with E-state index in [4.69, 9.17) is 14.4 Å². The monoisotopic (exact) mass is 1220 g/mol. The molecule has 1 N–H and O–H groups in total. The molecular weight excluding hydrogens is 1160 g/mol. The van der Waals surface area contributed by atoms with Crippen LogP contribution in [0.4, 0.5) is 0 Å². The van der Waals surface area contributed by atoms with E-state index >= 15 is 0 Å². The first-order valence-corrected chi connectivity index (χ1v) is 27.9. The SMILES string of the molecule is [2H]C1(c2ccc(-c3ccc4cc5c(cc4c3)oc3c(-c4nc6c(-c7[c-]c(-c8cc(-c9ccccc9)ccn8)cc(C(C)(C)C)c7)cccc6n4-c4ccc(-c6ccccc6)cc4C(C)(C)C)c(O)ccc35)cc2)CCC(C)(C)CC1.[Pt]. The van der Waals surface area contributed by atoms with Crippen molar-refractivity contribution in [3.8, 4) is 78.6 Å². The minimum absolute atomic E-state index is 0. The van der Waals surface area contributed by atoms with Crippen LogP contribution < -0.4 is 0 Å². The second-order valence-electron chi connectivity index (χ2n) is 24.7. The van der Waals surface area contributed by atoms with E-state index in [9.17, 15) is 6.48 Å². The fourth-order valence-electron chi connectivity index (χ4n) is 11.9. The van der Waals surface area contributed by atoms with Crippen LogP contribution in [0, 0.1) is 11.5 Å². The zero-order valence-corrected chi connectivity index (χ0v) is 49.1. The van der Waals surface area contributed by atoms with E-state index in [0.717, 1.165) is 142 Å². The van der Waals surface area contributed by atoms with Crippen molar-refractivity contribution in [1.82, 2.24) is 14.5 Å². The molecule has 0 aliphatic heterocycles. The molecule has 0 spiro atoms. The summed E-state index contributed by atoms with van der Waals surface area (Å²) in [7, 11) is 0. The van der Waals surface area contributed by atoms with Gasteiger partial charge in [-0.1, -0.05) is 188 Å². The number of pyridine rings is 1. The summed E-state index contributed by atoms with van der Waals surface area (Å²) < 4.78 is 18.7. The van der Waals surface area contributed by atoms with Crippen LogP contribution in [0.3, 0.4) is 0 Å². The molecule has 0 unspecified atom stereocenters. The number of hydrogen-bond donors (Lipinski definition) is 1. The maximum Gasteiger partial charge on any atom is 0.152 e. The average molecular weight is 1230 g/mol. The molecule has 400 valence electrons. The Morgan fingerprint density at radius 3 is 1.96 bits per heavy atom. The van der Waals surface area contributed by atoms with Gasteiger partial charge in [0.05, 0.1) is 16.7 Å². The van der Waals surface area contributed by atoms with Crippen LogP contribution in [0.5, 0.6) is 5.75 Å². The summed E-state index contributed by atoms with van der Waals surface area (Å²) in [6.45, 7) is 18.2. The van der Waals surface area contributed by atoms with E-state index in [0.29, 0.717) is 22.4 Å². The largest absolute Gasteiger partial charge is 0.507 e. The van der Waals surface area contributed by atoms with Crippen molar-refractivity contribution in [2.75, 3.05) is 0 Å². The van der Waals surface area contributed by atoms with E-state index in [1.165, 1.54) is 0 Å². The molecule has 1 aliphatic carbocycles. The molecule has 1 aliphatic rings. The molecule has 0 atom stereocenters. The van der Waals surface area contributed by atoms with Gasteiger partial charge in [-0.2, -0.15) is 0 Å². The molecule has 1 saturated carbocycles. The van der Waals surface area contributed by atoms with Gasteiger partial charge in [0.2, 0.25) is 0 Å². The summed E-state index contributed by atoms with van der Waals surface area (Å²) >= 11 is 0. The maximum atomic E-state index is 12.4. The predicted octanol–water partition coefficient (Wildman–Crippen LogP) is 20.3. The van der Waals surface area contributed by atoms with Crippen LogP contribution in [0.2, 0.25) is 0 Å². The van der Waals surface area contributed by atoms with E-state index in [1.54, 1.807) is 6.07 Å². The molecule has 3 heterocycles. The molecule has 12 aromatic rings. The summed E-state index contributed by atoms with van der Waals surface area (Å²) in [6, 6.07) is 70.0. The van der Waals surface area contributed by atoms with Gasteiger partial charge in [-0.05, 0) is 158 Å². The number of fused-ring (bicyclic) bond motifs is 5. The van der Waals surface area contributed by atoms with Crippen molar-refractivity contribution in [2.24, 2.45) is 5.41 Å². The molecule has 0 bridgehead atoms. The molecule has 6 heteroatoms. The first-order valence-electron chi connectivity index (χ1n) is 28.4. The maximum absolute atomic E-state index is 12.4. The third-order valence-corrected chi connectivity index (χ3v) is 16.6. The fraction of sp³-hybridized carbons (Fsp3) is 0.216. The Morgan fingerprint density at radius 1 is 0.613 bits per heavy atom. The minimum Gasteiger partial charge on any atom is -0.507 e. The Kier molecular flexibility index (Phi) is 13.1. The van der Waals surface area contributed by atoms with E-state index in [2.05, 4.69) is 236 Å². The summed E-state index contributed by atoms with van der Waals surface area (Å²) in [5.41, 5.74) is 17.8. The van der Waals surface area contributed by atoms with Gasteiger partial charge in [0, 0.05) is 45.1 Å². The molecule has 0 radical (unpaired) electrons. The molecule has 9 aromatic carbocycles. The number of aromatic nitrogens is 3. The van der Waals surface area contributed by atoms with Crippen LogP contribution in [-0.4, -0.2) is 19.6 Å². The number of para-hydroxylation sites is 1. The number of imidazole rings is 1. The standard InChI is InChI=1S/C74H66N3O2.Pt/c1-72(2,3)58-40-56(39-57(41-58)63-44-54(34-37-75-63)47-18-13-10-14-19-47)59-20-15-21-65-69(59)76-71(77(65)64-30-28-53(43-62(64)73(4,5)6)46-16-11-9-12-17-46)68-66(78)31-29-60-61-42-52-27-26-51(38-55(52)45-67(61)79-70(60)68)49-24-22-48(23-25-49)50-32-35-74(7,8)36-33-50;/h9-31,34,37-38,40-45,50,78H,32-33,35-36H2,1-8H3;/q-1;/i50D;. The summed E-state index contributed by atoms with van der Waals surface area (Å²) in [5, 5.41) is 16.4. The van der Waals surface area contributed by atoms with Gasteiger partial charge in [0.15, 0.2) is 5.82 Å². The van der Waals surface area contributed by atoms with Crippen LogP contribution in [0.25, 0.3) is 117 Å². The molecule has 5 nitrogen and oxygen atoms in total. The number of hydrogen-bond acceptors (Lipinski definition) is 4. The molecule has 3 aromatic heterocycles. The van der Waals surface area contributed by atoms with Gasteiger partial charge in [0.25, 0.3) is 0 Å². The second-order valence-corrected chi connectivity index (χ2v) is 24.7. The number of rotatable bonds is 8. The zero-order chi connectivity index (χ0) is 55.3. The molecule has 0 amide bonds. The van der Waals surface area contributed by atoms with Crippen LogP contribution in [0.15, 0.2) is 199 Å². The number of furan rings is 1. The Labute approximate surface area is 486 Å². The number of nitrogens with zero attached hydrogens (tertiary/aromatic N) is 3. The Bertz CT molecular complexity index is 4360. The van der Waals surface area contributed by atoms with Gasteiger partial charge in [-0.25, -0.2) is 4.98 Å². The number of phenols is 1. The van der Waals surface area contributed by atoms with Crippen molar-refractivity contribution in [3.05, 3.63) is 217 Å². The van der Waals surface area contributed by atoms with Crippen LogP contribution >= 0.6 is 0 Å². The van der Waals surface area contributed by atoms with Gasteiger partial charge >= 0.3 is 0 Å². The summed E-state index contributed by atoms with van der Waals surface area (Å²) in [6.07, 6.45) is 5.80. The third-order valence-electron chi connectivity index (χ3n) is 16.6. The smallest absolute Gasteiger partial charge is 0.152 e. The molecule has 13 rings (SSSR count). The van der Waals surface area contributed by atoms with Gasteiger partial charge in [0.1, 0.15) is 22.5 Å². The van der Waals surface area contributed by atoms with E-state index in [-0.39, 0.29) is 37.6 Å². The van der Waals surface area contributed by atoms with Crippen molar-refractivity contribution < 1.29 is 32.0 Å². The molecule has 1 fully saturated rings.